The third kappa shape index (κ3) is 2.34. The van der Waals surface area contributed by atoms with E-state index in [1.165, 1.54) is 0 Å². The van der Waals surface area contributed by atoms with Crippen LogP contribution in [0.4, 0.5) is 5.69 Å². The molecule has 136 valence electrons. The van der Waals surface area contributed by atoms with Crippen LogP contribution in [0.25, 0.3) is 0 Å². The standard InChI is InChI=1S/C21H23NO4/c1-21(2)13-7-4-5-8-15(13)22(11-18(23)24)20-14(21)12-26-17-10-6-9-16(25-3)19(17)20/h4-10,14,20H,11-12H2,1-3H3,(H,23,24)/t14-,20-/m0/s1. The monoisotopic (exact) mass is 353 g/mol. The maximum Gasteiger partial charge on any atom is 0.323 e. The van der Waals surface area contributed by atoms with E-state index < -0.39 is 5.97 Å². The third-order valence-corrected chi connectivity index (χ3v) is 5.82. The average Bonchev–Trinajstić information content (AvgIpc) is 2.64. The fraction of sp³-hybridized carbons (Fsp3) is 0.381. The Morgan fingerprint density at radius 3 is 2.77 bits per heavy atom. The highest BCUT2D eigenvalue weighted by molar-refractivity contribution is 5.77. The van der Waals surface area contributed by atoms with Crippen LogP contribution < -0.4 is 14.4 Å². The molecule has 0 amide bonds. The van der Waals surface area contributed by atoms with Gasteiger partial charge in [0.25, 0.3) is 0 Å². The van der Waals surface area contributed by atoms with Crippen LogP contribution in [0.15, 0.2) is 42.5 Å². The molecule has 2 aromatic rings. The van der Waals surface area contributed by atoms with Crippen molar-refractivity contribution in [1.82, 2.24) is 0 Å². The number of methoxy groups -OCH3 is 1. The first-order valence-electron chi connectivity index (χ1n) is 8.82. The number of benzene rings is 2. The van der Waals surface area contributed by atoms with Gasteiger partial charge in [-0.05, 0) is 23.8 Å². The maximum absolute atomic E-state index is 11.7. The van der Waals surface area contributed by atoms with Crippen LogP contribution in [0.1, 0.15) is 31.0 Å². The van der Waals surface area contributed by atoms with E-state index in [1.807, 2.05) is 41.3 Å². The van der Waals surface area contributed by atoms with Crippen molar-refractivity contribution in [3.8, 4) is 11.5 Å². The molecule has 5 heteroatoms. The normalized spacial score (nSPS) is 22.5. The molecule has 2 heterocycles. The van der Waals surface area contributed by atoms with Gasteiger partial charge in [-0.25, -0.2) is 0 Å². The maximum atomic E-state index is 11.7. The summed E-state index contributed by atoms with van der Waals surface area (Å²) in [6.07, 6.45) is 0. The van der Waals surface area contributed by atoms with Crippen LogP contribution in [0, 0.1) is 5.92 Å². The smallest absolute Gasteiger partial charge is 0.323 e. The number of ether oxygens (including phenoxy) is 2. The molecule has 0 aliphatic carbocycles. The molecule has 0 spiro atoms. The van der Waals surface area contributed by atoms with Crippen molar-refractivity contribution >= 4 is 11.7 Å². The minimum absolute atomic E-state index is 0.0637. The Kier molecular flexibility index (Phi) is 3.83. The molecule has 0 saturated carbocycles. The fourth-order valence-electron chi connectivity index (χ4n) is 4.51. The molecule has 0 bridgehead atoms. The second-order valence-electron chi connectivity index (χ2n) is 7.49. The van der Waals surface area contributed by atoms with Crippen molar-refractivity contribution in [1.29, 1.82) is 0 Å². The van der Waals surface area contributed by atoms with Gasteiger partial charge >= 0.3 is 5.97 Å². The molecule has 0 aromatic heterocycles. The number of rotatable bonds is 3. The summed E-state index contributed by atoms with van der Waals surface area (Å²) in [6, 6.07) is 13.7. The summed E-state index contributed by atoms with van der Waals surface area (Å²) >= 11 is 0. The molecular weight excluding hydrogens is 330 g/mol. The number of carboxylic acid groups (broad SMARTS) is 1. The van der Waals surface area contributed by atoms with Gasteiger partial charge < -0.3 is 19.5 Å². The molecule has 26 heavy (non-hydrogen) atoms. The van der Waals surface area contributed by atoms with E-state index in [2.05, 4.69) is 19.9 Å². The van der Waals surface area contributed by atoms with Gasteiger partial charge in [0.2, 0.25) is 0 Å². The largest absolute Gasteiger partial charge is 0.496 e. The van der Waals surface area contributed by atoms with E-state index in [1.54, 1.807) is 7.11 Å². The summed E-state index contributed by atoms with van der Waals surface area (Å²) in [5.41, 5.74) is 2.91. The Morgan fingerprint density at radius 1 is 1.27 bits per heavy atom. The van der Waals surface area contributed by atoms with Gasteiger partial charge in [-0.2, -0.15) is 0 Å². The molecule has 2 atom stereocenters. The van der Waals surface area contributed by atoms with E-state index in [9.17, 15) is 9.90 Å². The number of aliphatic carboxylic acids is 1. The van der Waals surface area contributed by atoms with Crippen molar-refractivity contribution in [2.24, 2.45) is 5.92 Å². The molecule has 4 rings (SSSR count). The van der Waals surface area contributed by atoms with Crippen LogP contribution in [0.3, 0.4) is 0 Å². The summed E-state index contributed by atoms with van der Waals surface area (Å²) in [6.45, 7) is 4.91. The third-order valence-electron chi connectivity index (χ3n) is 5.82. The van der Waals surface area contributed by atoms with Gasteiger partial charge in [-0.3, -0.25) is 4.79 Å². The summed E-state index contributed by atoms with van der Waals surface area (Å²) in [7, 11) is 1.64. The summed E-state index contributed by atoms with van der Waals surface area (Å²) < 4.78 is 11.7. The second kappa shape index (κ2) is 5.94. The van der Waals surface area contributed by atoms with Gasteiger partial charge in [0.1, 0.15) is 18.0 Å². The average molecular weight is 353 g/mol. The number of fused-ring (bicyclic) bond motifs is 4. The van der Waals surface area contributed by atoms with E-state index in [4.69, 9.17) is 9.47 Å². The molecule has 2 aromatic carbocycles. The summed E-state index contributed by atoms with van der Waals surface area (Å²) in [4.78, 5) is 13.7. The van der Waals surface area contributed by atoms with Gasteiger partial charge in [0, 0.05) is 17.0 Å². The first-order valence-corrected chi connectivity index (χ1v) is 8.82. The molecule has 1 N–H and O–H groups in total. The van der Waals surface area contributed by atoms with Crippen molar-refractivity contribution in [2.45, 2.75) is 25.3 Å². The Balaban J connectivity index is 1.98. The van der Waals surface area contributed by atoms with Crippen molar-refractivity contribution < 1.29 is 19.4 Å². The predicted molar refractivity (Wildman–Crippen MR) is 99.2 cm³/mol. The summed E-state index contributed by atoms with van der Waals surface area (Å²) in [5.74, 6) is 0.778. The Hall–Kier alpha value is -2.69. The first-order chi connectivity index (χ1) is 12.4. The molecule has 0 fully saturated rings. The van der Waals surface area contributed by atoms with Gasteiger partial charge in [0.05, 0.1) is 25.3 Å². The molecule has 0 radical (unpaired) electrons. The number of carboxylic acids is 1. The molecule has 5 nitrogen and oxygen atoms in total. The van der Waals surface area contributed by atoms with Crippen LogP contribution in [-0.4, -0.2) is 31.3 Å². The van der Waals surface area contributed by atoms with E-state index >= 15 is 0 Å². The van der Waals surface area contributed by atoms with E-state index in [0.717, 1.165) is 28.3 Å². The minimum Gasteiger partial charge on any atom is -0.496 e. The number of hydrogen-bond donors (Lipinski definition) is 1. The molecule has 0 saturated heterocycles. The number of nitrogens with zero attached hydrogens (tertiary/aromatic N) is 1. The summed E-state index contributed by atoms with van der Waals surface area (Å²) in [5, 5.41) is 9.58. The quantitative estimate of drug-likeness (QED) is 0.913. The SMILES string of the molecule is COc1cccc2c1[C@@H]1[C@H](CO2)C(C)(C)c2ccccc2N1CC(=O)O. The van der Waals surface area contributed by atoms with Crippen LogP contribution in [0.2, 0.25) is 0 Å². The zero-order chi connectivity index (χ0) is 18.5. The Morgan fingerprint density at radius 2 is 2.04 bits per heavy atom. The van der Waals surface area contributed by atoms with Crippen molar-refractivity contribution in [3.63, 3.8) is 0 Å². The second-order valence-corrected chi connectivity index (χ2v) is 7.49. The lowest BCUT2D eigenvalue weighted by atomic mass is 9.64. The Labute approximate surface area is 153 Å². The first kappa shape index (κ1) is 16.8. The van der Waals surface area contributed by atoms with Gasteiger partial charge in [-0.15, -0.1) is 0 Å². The molecular formula is C21H23NO4. The van der Waals surface area contributed by atoms with Gasteiger partial charge in [0.15, 0.2) is 0 Å². The lowest BCUT2D eigenvalue weighted by Gasteiger charge is -2.53. The lowest BCUT2D eigenvalue weighted by Crippen LogP contribution is -2.52. The Bertz CT molecular complexity index is 847. The number of carbonyl (C=O) groups is 1. The predicted octanol–water partition coefficient (Wildman–Crippen LogP) is 3.63. The zero-order valence-corrected chi connectivity index (χ0v) is 15.2. The van der Waals surface area contributed by atoms with Crippen molar-refractivity contribution in [2.75, 3.05) is 25.2 Å². The van der Waals surface area contributed by atoms with Crippen LogP contribution in [0.5, 0.6) is 11.5 Å². The topological polar surface area (TPSA) is 59.0 Å². The highest BCUT2D eigenvalue weighted by Crippen LogP contribution is 2.56. The number of para-hydroxylation sites is 1. The van der Waals surface area contributed by atoms with Crippen LogP contribution in [-0.2, 0) is 10.2 Å². The number of anilines is 1. The highest BCUT2D eigenvalue weighted by atomic mass is 16.5. The minimum atomic E-state index is -0.846. The zero-order valence-electron chi connectivity index (χ0n) is 15.2. The van der Waals surface area contributed by atoms with Gasteiger partial charge in [-0.1, -0.05) is 38.1 Å². The van der Waals surface area contributed by atoms with Crippen LogP contribution >= 0.6 is 0 Å². The fourth-order valence-corrected chi connectivity index (χ4v) is 4.51. The number of hydrogen-bond acceptors (Lipinski definition) is 4. The van der Waals surface area contributed by atoms with E-state index in [0.29, 0.717) is 6.61 Å². The molecule has 2 aliphatic heterocycles. The molecule has 0 unspecified atom stereocenters. The lowest BCUT2D eigenvalue weighted by molar-refractivity contribution is -0.135. The van der Waals surface area contributed by atoms with E-state index in [-0.39, 0.29) is 23.9 Å². The molecule has 2 aliphatic rings. The highest BCUT2D eigenvalue weighted by Gasteiger charge is 2.50. The van der Waals surface area contributed by atoms with Crippen molar-refractivity contribution in [3.05, 3.63) is 53.6 Å².